The molecule has 0 aromatic heterocycles. The van der Waals surface area contributed by atoms with Gasteiger partial charge in [-0.15, -0.1) is 0 Å². The molecular weight excluding hydrogens is 286 g/mol. The second-order valence-electron chi connectivity index (χ2n) is 6.22. The first-order valence-electron chi connectivity index (χ1n) is 7.99. The minimum absolute atomic E-state index is 0.273. The van der Waals surface area contributed by atoms with E-state index in [1.165, 1.54) is 16.8 Å². The van der Waals surface area contributed by atoms with Crippen molar-refractivity contribution >= 4 is 11.6 Å². The number of benzene rings is 2. The summed E-state index contributed by atoms with van der Waals surface area (Å²) < 4.78 is 0. The molecule has 1 amide bonds. The molecule has 2 aromatic carbocycles. The van der Waals surface area contributed by atoms with Crippen LogP contribution in [0.3, 0.4) is 0 Å². The molecule has 120 valence electrons. The van der Waals surface area contributed by atoms with Crippen molar-refractivity contribution in [1.82, 2.24) is 4.90 Å². The molecule has 0 bridgehead atoms. The quantitative estimate of drug-likeness (QED) is 0.940. The van der Waals surface area contributed by atoms with Crippen molar-refractivity contribution in [2.75, 3.05) is 25.0 Å². The predicted molar refractivity (Wildman–Crippen MR) is 93.3 cm³/mol. The number of para-hydroxylation sites is 1. The zero-order valence-electron chi connectivity index (χ0n) is 13.5. The summed E-state index contributed by atoms with van der Waals surface area (Å²) in [6, 6.07) is 19.2. The summed E-state index contributed by atoms with van der Waals surface area (Å²) in [7, 11) is 2.14. The summed E-state index contributed by atoms with van der Waals surface area (Å²) >= 11 is 0. The second kappa shape index (κ2) is 6.84. The Kier molecular flexibility index (Phi) is 4.63. The fourth-order valence-electron chi connectivity index (χ4n) is 3.34. The normalized spacial score (nSPS) is 18.3. The number of fused-ring (bicyclic) bond motifs is 1. The maximum atomic E-state index is 11.4. The number of amides is 1. The Labute approximate surface area is 137 Å². The van der Waals surface area contributed by atoms with E-state index in [0.29, 0.717) is 12.6 Å². The number of hydrogen-bond acceptors (Lipinski definition) is 3. The summed E-state index contributed by atoms with van der Waals surface area (Å²) in [6.07, 6.45) is 0.945. The maximum absolute atomic E-state index is 11.4. The van der Waals surface area contributed by atoms with Crippen LogP contribution in [-0.4, -0.2) is 37.0 Å². The van der Waals surface area contributed by atoms with Gasteiger partial charge in [0.1, 0.15) is 0 Å². The Hall–Kier alpha value is -2.33. The van der Waals surface area contributed by atoms with E-state index in [2.05, 4.69) is 59.3 Å². The van der Waals surface area contributed by atoms with E-state index in [4.69, 9.17) is 5.73 Å². The van der Waals surface area contributed by atoms with Crippen LogP contribution in [0, 0.1) is 0 Å². The van der Waals surface area contributed by atoms with E-state index in [1.807, 2.05) is 12.1 Å². The van der Waals surface area contributed by atoms with E-state index in [-0.39, 0.29) is 5.91 Å². The lowest BCUT2D eigenvalue weighted by Crippen LogP contribution is -2.43. The van der Waals surface area contributed by atoms with Crippen molar-refractivity contribution in [2.45, 2.75) is 19.0 Å². The van der Waals surface area contributed by atoms with Gasteiger partial charge < -0.3 is 10.6 Å². The van der Waals surface area contributed by atoms with Crippen LogP contribution in [0.4, 0.5) is 5.69 Å². The lowest BCUT2D eigenvalue weighted by molar-refractivity contribution is -0.119. The van der Waals surface area contributed by atoms with Gasteiger partial charge in [-0.25, -0.2) is 0 Å². The summed E-state index contributed by atoms with van der Waals surface area (Å²) in [5, 5.41) is 0. The number of primary amides is 1. The molecule has 4 heteroatoms. The van der Waals surface area contributed by atoms with Crippen LogP contribution in [-0.2, 0) is 17.8 Å². The third kappa shape index (κ3) is 3.71. The molecule has 0 saturated carbocycles. The van der Waals surface area contributed by atoms with Gasteiger partial charge in [0.2, 0.25) is 5.91 Å². The SMILES string of the molecule is CN1c2ccccc2CN(CC(N)=O)CC1Cc1ccccc1. The second-order valence-corrected chi connectivity index (χ2v) is 6.22. The first-order chi connectivity index (χ1) is 11.1. The highest BCUT2D eigenvalue weighted by Gasteiger charge is 2.26. The van der Waals surface area contributed by atoms with Crippen LogP contribution in [0.15, 0.2) is 54.6 Å². The minimum atomic E-state index is -0.273. The van der Waals surface area contributed by atoms with Crippen LogP contribution >= 0.6 is 0 Å². The van der Waals surface area contributed by atoms with Gasteiger partial charge >= 0.3 is 0 Å². The van der Waals surface area contributed by atoms with Gasteiger partial charge in [0.15, 0.2) is 0 Å². The van der Waals surface area contributed by atoms with Crippen LogP contribution in [0.2, 0.25) is 0 Å². The van der Waals surface area contributed by atoms with Crippen LogP contribution in [0.5, 0.6) is 0 Å². The van der Waals surface area contributed by atoms with Crippen LogP contribution in [0.25, 0.3) is 0 Å². The molecular formula is C19H23N3O. The number of anilines is 1. The van der Waals surface area contributed by atoms with Crippen LogP contribution < -0.4 is 10.6 Å². The van der Waals surface area contributed by atoms with Crippen molar-refractivity contribution in [3.8, 4) is 0 Å². The van der Waals surface area contributed by atoms with Gasteiger partial charge in [0, 0.05) is 31.9 Å². The number of likely N-dealkylation sites (N-methyl/N-ethyl adjacent to an activating group) is 1. The number of carbonyl (C=O) groups is 1. The molecule has 0 aliphatic carbocycles. The Balaban J connectivity index is 1.89. The number of carbonyl (C=O) groups excluding carboxylic acids is 1. The summed E-state index contributed by atoms with van der Waals surface area (Å²) in [5.41, 5.74) is 9.22. The standard InChI is InChI=1S/C19H23N3O/c1-21-17(11-15-7-3-2-4-8-15)13-22(14-19(20)23)12-16-9-5-6-10-18(16)21/h2-10,17H,11-14H2,1H3,(H2,20,23). The van der Waals surface area contributed by atoms with E-state index in [1.54, 1.807) is 0 Å². The molecule has 0 saturated heterocycles. The highest BCUT2D eigenvalue weighted by Crippen LogP contribution is 2.27. The van der Waals surface area contributed by atoms with Gasteiger partial charge in [-0.2, -0.15) is 0 Å². The Morgan fingerprint density at radius 3 is 2.57 bits per heavy atom. The molecule has 1 atom stereocenters. The molecule has 3 rings (SSSR count). The third-order valence-corrected chi connectivity index (χ3v) is 4.48. The van der Waals surface area contributed by atoms with E-state index in [0.717, 1.165) is 19.5 Å². The highest BCUT2D eigenvalue weighted by molar-refractivity contribution is 5.76. The molecule has 2 N–H and O–H groups in total. The zero-order chi connectivity index (χ0) is 16.2. The van der Waals surface area contributed by atoms with Gasteiger partial charge in [-0.05, 0) is 23.6 Å². The van der Waals surface area contributed by atoms with Crippen LogP contribution in [0.1, 0.15) is 11.1 Å². The Bertz CT molecular complexity index is 671. The van der Waals surface area contributed by atoms with Gasteiger partial charge in [-0.3, -0.25) is 9.69 Å². The van der Waals surface area contributed by atoms with Crippen molar-refractivity contribution in [1.29, 1.82) is 0 Å². The van der Waals surface area contributed by atoms with Crippen molar-refractivity contribution < 1.29 is 4.79 Å². The Morgan fingerprint density at radius 2 is 1.83 bits per heavy atom. The molecule has 2 aromatic rings. The molecule has 4 nitrogen and oxygen atoms in total. The first kappa shape index (κ1) is 15.6. The van der Waals surface area contributed by atoms with Gasteiger partial charge in [0.05, 0.1) is 6.54 Å². The van der Waals surface area contributed by atoms with Crippen molar-refractivity contribution in [2.24, 2.45) is 5.73 Å². The summed E-state index contributed by atoms with van der Waals surface area (Å²) in [6.45, 7) is 1.88. The average Bonchev–Trinajstić information content (AvgIpc) is 2.66. The third-order valence-electron chi connectivity index (χ3n) is 4.48. The predicted octanol–water partition coefficient (Wildman–Crippen LogP) is 2.03. The molecule has 1 aliphatic rings. The smallest absolute Gasteiger partial charge is 0.231 e. The lowest BCUT2D eigenvalue weighted by Gasteiger charge is -2.31. The van der Waals surface area contributed by atoms with E-state index >= 15 is 0 Å². The summed E-state index contributed by atoms with van der Waals surface area (Å²) in [5.74, 6) is -0.273. The zero-order valence-corrected chi connectivity index (χ0v) is 13.5. The average molecular weight is 309 g/mol. The number of rotatable bonds is 4. The molecule has 1 aliphatic heterocycles. The van der Waals surface area contributed by atoms with E-state index in [9.17, 15) is 4.79 Å². The van der Waals surface area contributed by atoms with E-state index < -0.39 is 0 Å². The minimum Gasteiger partial charge on any atom is -0.370 e. The summed E-state index contributed by atoms with van der Waals surface area (Å²) in [4.78, 5) is 15.9. The fourth-order valence-corrected chi connectivity index (χ4v) is 3.34. The molecule has 0 radical (unpaired) electrons. The molecule has 0 fully saturated rings. The largest absolute Gasteiger partial charge is 0.370 e. The molecule has 1 unspecified atom stereocenters. The molecule has 1 heterocycles. The fraction of sp³-hybridized carbons (Fsp3) is 0.316. The number of nitrogens with zero attached hydrogens (tertiary/aromatic N) is 2. The maximum Gasteiger partial charge on any atom is 0.231 e. The number of nitrogens with two attached hydrogens (primary N) is 1. The first-order valence-corrected chi connectivity index (χ1v) is 7.99. The van der Waals surface area contributed by atoms with Crippen molar-refractivity contribution in [3.05, 3.63) is 65.7 Å². The topological polar surface area (TPSA) is 49.6 Å². The lowest BCUT2D eigenvalue weighted by atomic mass is 10.0. The highest BCUT2D eigenvalue weighted by atomic mass is 16.1. The van der Waals surface area contributed by atoms with Gasteiger partial charge in [0.25, 0.3) is 0 Å². The van der Waals surface area contributed by atoms with Crippen molar-refractivity contribution in [3.63, 3.8) is 0 Å². The monoisotopic (exact) mass is 309 g/mol. The van der Waals surface area contributed by atoms with Gasteiger partial charge in [-0.1, -0.05) is 48.5 Å². The Morgan fingerprint density at radius 1 is 1.13 bits per heavy atom. The number of hydrogen-bond donors (Lipinski definition) is 1. The molecule has 23 heavy (non-hydrogen) atoms. The molecule has 0 spiro atoms.